The highest BCUT2D eigenvalue weighted by molar-refractivity contribution is 7.89. The molecule has 45 heavy (non-hydrogen) atoms. The van der Waals surface area contributed by atoms with E-state index in [0.717, 1.165) is 46.6 Å². The van der Waals surface area contributed by atoms with Crippen LogP contribution >= 0.6 is 0 Å². The molecular weight excluding hydrogens is 582 g/mol. The van der Waals surface area contributed by atoms with Crippen LogP contribution in [-0.4, -0.2) is 53.4 Å². The fourth-order valence-electron chi connectivity index (χ4n) is 5.31. The summed E-state index contributed by atoms with van der Waals surface area (Å²) in [6.07, 6.45) is 4.55. The molecule has 0 spiro atoms. The van der Waals surface area contributed by atoms with Gasteiger partial charge in [-0.2, -0.15) is 0 Å². The molecule has 1 aliphatic carbocycles. The lowest BCUT2D eigenvalue weighted by Crippen LogP contribution is -2.26. The molecule has 1 N–H and O–H groups in total. The van der Waals surface area contributed by atoms with Crippen LogP contribution in [0.25, 0.3) is 11.1 Å². The van der Waals surface area contributed by atoms with Crippen LogP contribution in [0, 0.1) is 12.3 Å². The number of ether oxygens (including phenoxy) is 1. The summed E-state index contributed by atoms with van der Waals surface area (Å²) in [5, 5.41) is 0. The van der Waals surface area contributed by atoms with Crippen LogP contribution in [0.15, 0.2) is 88.8 Å². The second kappa shape index (κ2) is 14.4. The van der Waals surface area contributed by atoms with E-state index in [1.54, 1.807) is 12.1 Å². The van der Waals surface area contributed by atoms with Crippen LogP contribution in [0.4, 0.5) is 5.69 Å². The summed E-state index contributed by atoms with van der Waals surface area (Å²) in [5.41, 5.74) is 7.29. The van der Waals surface area contributed by atoms with Crippen LogP contribution in [0.3, 0.4) is 0 Å². The number of aliphatic imine (C=N–C) groups is 1. The Morgan fingerprint density at radius 3 is 2.11 bits per heavy atom. The Balaban J connectivity index is 1.91. The van der Waals surface area contributed by atoms with E-state index in [1.165, 1.54) is 7.05 Å². The standard InChI is InChI=1S/C37H45N3O4S/c1-8-37(5,6)36(41)44-25-24-39-32-23-22-31(35-30(32)12-11-13-33(35)45(42,43)38-7)34(27-16-14-26(4)15-17-27)28-18-20-29(21-19-28)40(9-2)10-3/h11-23,38H,8-10,24-25H2,1-7H3. The van der Waals surface area contributed by atoms with Gasteiger partial charge in [0.2, 0.25) is 10.0 Å². The molecule has 0 fully saturated rings. The normalized spacial score (nSPS) is 15.1. The number of carbonyl (C=O) groups is 1. The zero-order valence-electron chi connectivity index (χ0n) is 27.5. The number of aryl methyl sites for hydroxylation is 1. The lowest BCUT2D eigenvalue weighted by molar-refractivity contribution is -0.153. The van der Waals surface area contributed by atoms with Gasteiger partial charge >= 0.3 is 5.97 Å². The molecule has 0 saturated heterocycles. The number of fused-ring (bicyclic) bond motifs is 1. The summed E-state index contributed by atoms with van der Waals surface area (Å²) >= 11 is 0. The van der Waals surface area contributed by atoms with Gasteiger partial charge in [0, 0.05) is 29.9 Å². The molecule has 7 nitrogen and oxygen atoms in total. The number of carbonyl (C=O) groups excluding carboxylic acids is 1. The summed E-state index contributed by atoms with van der Waals surface area (Å²) < 4.78 is 34.9. The van der Waals surface area contributed by atoms with Crippen molar-refractivity contribution in [2.24, 2.45) is 10.4 Å². The first kappa shape index (κ1) is 33.9. The van der Waals surface area contributed by atoms with Crippen LogP contribution in [0.1, 0.15) is 68.9 Å². The predicted octanol–water partition coefficient (Wildman–Crippen LogP) is 7.05. The van der Waals surface area contributed by atoms with E-state index in [1.807, 2.05) is 45.9 Å². The van der Waals surface area contributed by atoms with Crippen molar-refractivity contribution in [2.75, 3.05) is 38.2 Å². The van der Waals surface area contributed by atoms with Crippen molar-refractivity contribution < 1.29 is 17.9 Å². The van der Waals surface area contributed by atoms with Crippen molar-refractivity contribution in [3.63, 3.8) is 0 Å². The second-order valence-corrected chi connectivity index (χ2v) is 13.6. The molecule has 0 atom stereocenters. The number of rotatable bonds is 12. The zero-order valence-corrected chi connectivity index (χ0v) is 28.3. The van der Waals surface area contributed by atoms with Crippen LogP contribution < -0.4 is 9.62 Å². The Bertz CT molecular complexity index is 1710. The Hall–Kier alpha value is -4.01. The molecule has 3 aromatic carbocycles. The molecule has 0 radical (unpaired) electrons. The van der Waals surface area contributed by atoms with Crippen molar-refractivity contribution in [2.45, 2.75) is 52.9 Å². The molecule has 0 amide bonds. The number of sulfonamides is 1. The third kappa shape index (κ3) is 7.45. The molecule has 0 aromatic heterocycles. The number of hydrogen-bond donors (Lipinski definition) is 1. The van der Waals surface area contributed by atoms with Crippen molar-refractivity contribution in [3.8, 4) is 0 Å². The highest BCUT2D eigenvalue weighted by atomic mass is 32.2. The minimum atomic E-state index is -3.83. The second-order valence-electron chi connectivity index (χ2n) is 11.7. The van der Waals surface area contributed by atoms with Crippen molar-refractivity contribution >= 4 is 38.5 Å². The fraction of sp³-hybridized carbons (Fsp3) is 0.351. The fourth-order valence-corrected chi connectivity index (χ4v) is 6.27. The van der Waals surface area contributed by atoms with E-state index in [-0.39, 0.29) is 24.0 Å². The average molecular weight is 628 g/mol. The average Bonchev–Trinajstić information content (AvgIpc) is 3.05. The quantitative estimate of drug-likeness (QED) is 0.172. The topological polar surface area (TPSA) is 88.1 Å². The van der Waals surface area contributed by atoms with Crippen LogP contribution in [-0.2, 0) is 19.6 Å². The zero-order chi connectivity index (χ0) is 32.8. The Labute approximate surface area is 268 Å². The Morgan fingerprint density at radius 2 is 1.53 bits per heavy atom. The summed E-state index contributed by atoms with van der Waals surface area (Å²) in [6, 6.07) is 22.0. The molecule has 8 heteroatoms. The molecule has 0 unspecified atom stereocenters. The van der Waals surface area contributed by atoms with Crippen molar-refractivity contribution in [1.82, 2.24) is 4.72 Å². The molecular formula is C37H45N3O4S. The van der Waals surface area contributed by atoms with Gasteiger partial charge in [0.25, 0.3) is 0 Å². The largest absolute Gasteiger partial charge is 0.463 e. The van der Waals surface area contributed by atoms with E-state index in [9.17, 15) is 13.2 Å². The molecule has 0 aliphatic heterocycles. The molecule has 0 heterocycles. The number of nitrogens with one attached hydrogen (secondary N) is 1. The van der Waals surface area contributed by atoms with Crippen LogP contribution in [0.2, 0.25) is 0 Å². The van der Waals surface area contributed by atoms with Crippen LogP contribution in [0.5, 0.6) is 0 Å². The minimum absolute atomic E-state index is 0.139. The number of benzene rings is 3. The number of allylic oxidation sites excluding steroid dienone is 3. The third-order valence-electron chi connectivity index (χ3n) is 8.47. The summed E-state index contributed by atoms with van der Waals surface area (Å²) in [4.78, 5) is 19.7. The minimum Gasteiger partial charge on any atom is -0.463 e. The molecule has 0 bridgehead atoms. The summed E-state index contributed by atoms with van der Waals surface area (Å²) in [6.45, 7) is 14.2. The number of esters is 1. The number of anilines is 1. The van der Waals surface area contributed by atoms with Gasteiger partial charge in [-0.25, -0.2) is 13.1 Å². The van der Waals surface area contributed by atoms with E-state index in [0.29, 0.717) is 23.3 Å². The Morgan fingerprint density at radius 1 is 0.911 bits per heavy atom. The first-order chi connectivity index (χ1) is 21.5. The van der Waals surface area contributed by atoms with Gasteiger partial charge in [-0.15, -0.1) is 0 Å². The first-order valence-corrected chi connectivity index (χ1v) is 17.1. The maximum absolute atomic E-state index is 13.4. The van der Waals surface area contributed by atoms with E-state index in [4.69, 9.17) is 9.73 Å². The maximum atomic E-state index is 13.4. The first-order valence-electron chi connectivity index (χ1n) is 15.6. The smallest absolute Gasteiger partial charge is 0.311 e. The van der Waals surface area contributed by atoms with E-state index in [2.05, 4.69) is 72.0 Å². The van der Waals surface area contributed by atoms with Gasteiger partial charge in [0.1, 0.15) is 6.61 Å². The van der Waals surface area contributed by atoms with Gasteiger partial charge in [-0.3, -0.25) is 9.79 Å². The molecule has 4 rings (SSSR count). The molecule has 238 valence electrons. The highest BCUT2D eigenvalue weighted by Gasteiger charge is 2.29. The summed E-state index contributed by atoms with van der Waals surface area (Å²) in [5.74, 6) is -0.257. The van der Waals surface area contributed by atoms with Crippen molar-refractivity contribution in [3.05, 3.63) is 107 Å². The van der Waals surface area contributed by atoms with Gasteiger partial charge in [-0.1, -0.05) is 67.1 Å². The van der Waals surface area contributed by atoms with Gasteiger partial charge in [0.05, 0.1) is 22.6 Å². The highest BCUT2D eigenvalue weighted by Crippen LogP contribution is 2.40. The molecule has 1 aliphatic rings. The van der Waals surface area contributed by atoms with Gasteiger partial charge < -0.3 is 9.64 Å². The van der Waals surface area contributed by atoms with Gasteiger partial charge in [0.15, 0.2) is 0 Å². The third-order valence-corrected chi connectivity index (χ3v) is 9.93. The van der Waals surface area contributed by atoms with Crippen molar-refractivity contribution in [1.29, 1.82) is 0 Å². The predicted molar refractivity (Wildman–Crippen MR) is 185 cm³/mol. The monoisotopic (exact) mass is 627 g/mol. The number of nitrogens with zero attached hydrogens (tertiary/aromatic N) is 2. The Kier molecular flexibility index (Phi) is 10.8. The lowest BCUT2D eigenvalue weighted by atomic mass is 9.83. The SMILES string of the molecule is CCN(CC)c1ccc(C(=C2C=CC(=NCCOC(=O)C(C)(C)CC)c3cccc(S(=O)(=O)NC)c32)c2ccc(C)cc2)cc1. The van der Waals surface area contributed by atoms with E-state index >= 15 is 0 Å². The van der Waals surface area contributed by atoms with Gasteiger partial charge in [-0.05, 0) is 94.6 Å². The lowest BCUT2D eigenvalue weighted by Gasteiger charge is -2.25. The molecule has 0 saturated carbocycles. The van der Waals surface area contributed by atoms with E-state index < -0.39 is 15.4 Å². The molecule has 3 aromatic rings. The summed E-state index contributed by atoms with van der Waals surface area (Å²) in [7, 11) is -2.41. The maximum Gasteiger partial charge on any atom is 0.311 e. The number of hydrogen-bond acceptors (Lipinski definition) is 6.